The van der Waals surface area contributed by atoms with E-state index in [1.165, 1.54) is 24.3 Å². The molecule has 2 aromatic carbocycles. The molecule has 0 saturated carbocycles. The first-order valence-electron chi connectivity index (χ1n) is 8.68. The number of rotatable bonds is 5. The van der Waals surface area contributed by atoms with Crippen molar-refractivity contribution in [1.82, 2.24) is 15.5 Å². The molecule has 32 heavy (non-hydrogen) atoms. The largest absolute Gasteiger partial charge is 0.573 e. The third kappa shape index (κ3) is 7.91. The molecule has 0 fully saturated rings. The van der Waals surface area contributed by atoms with Gasteiger partial charge in [0.1, 0.15) is 5.75 Å². The Labute approximate surface area is 176 Å². The lowest BCUT2D eigenvalue weighted by Crippen LogP contribution is -2.26. The topological polar surface area (TPSA) is 97.5 Å². The summed E-state index contributed by atoms with van der Waals surface area (Å²) in [6, 6.07) is 9.04. The third-order valence-electron chi connectivity index (χ3n) is 3.58. The first-order chi connectivity index (χ1) is 15.0. The highest BCUT2D eigenvalue weighted by Gasteiger charge is 2.31. The van der Waals surface area contributed by atoms with Crippen LogP contribution >= 0.6 is 0 Å². The quantitative estimate of drug-likeness (QED) is 0.554. The molecule has 7 nitrogen and oxygen atoms in total. The molecular formula is C19H15F6N3O4. The SMILES string of the molecule is FC(F)(F)c1ccc(-c2ncon2)cc1.O=C(NCCO)c1ccc(OC(F)(F)F)cc1. The molecule has 0 aliphatic rings. The zero-order valence-electron chi connectivity index (χ0n) is 15.9. The molecule has 0 bridgehead atoms. The Bertz CT molecular complexity index is 972. The first-order valence-corrected chi connectivity index (χ1v) is 8.68. The van der Waals surface area contributed by atoms with Gasteiger partial charge in [0.05, 0.1) is 12.2 Å². The molecule has 0 unspecified atom stereocenters. The van der Waals surface area contributed by atoms with Crippen molar-refractivity contribution in [3.63, 3.8) is 0 Å². The molecule has 0 aliphatic carbocycles. The van der Waals surface area contributed by atoms with E-state index in [0.717, 1.165) is 30.7 Å². The predicted molar refractivity (Wildman–Crippen MR) is 97.3 cm³/mol. The highest BCUT2D eigenvalue weighted by Crippen LogP contribution is 2.30. The van der Waals surface area contributed by atoms with E-state index in [4.69, 9.17) is 5.11 Å². The van der Waals surface area contributed by atoms with Crippen molar-refractivity contribution in [1.29, 1.82) is 0 Å². The van der Waals surface area contributed by atoms with E-state index in [0.29, 0.717) is 5.56 Å². The number of benzene rings is 2. The number of carbonyl (C=O) groups is 1. The molecule has 1 heterocycles. The number of nitrogens with one attached hydrogen (secondary N) is 1. The Hall–Kier alpha value is -3.61. The summed E-state index contributed by atoms with van der Waals surface area (Å²) in [7, 11) is 0. The molecule has 13 heteroatoms. The van der Waals surface area contributed by atoms with Crippen LogP contribution in [0.1, 0.15) is 15.9 Å². The summed E-state index contributed by atoms with van der Waals surface area (Å²) < 4.78 is 80.3. The summed E-state index contributed by atoms with van der Waals surface area (Å²) in [4.78, 5) is 15.0. The van der Waals surface area contributed by atoms with Crippen LogP contribution in [0.5, 0.6) is 5.75 Å². The molecule has 0 radical (unpaired) electrons. The van der Waals surface area contributed by atoms with Crippen molar-refractivity contribution in [3.8, 4) is 17.1 Å². The Morgan fingerprint density at radius 3 is 2.09 bits per heavy atom. The van der Waals surface area contributed by atoms with Gasteiger partial charge in [-0.05, 0) is 36.4 Å². The summed E-state index contributed by atoms with van der Waals surface area (Å²) >= 11 is 0. The highest BCUT2D eigenvalue weighted by molar-refractivity contribution is 5.94. The Morgan fingerprint density at radius 1 is 1.00 bits per heavy atom. The average molecular weight is 463 g/mol. The lowest BCUT2D eigenvalue weighted by molar-refractivity contribution is -0.274. The van der Waals surface area contributed by atoms with Crippen molar-refractivity contribution in [3.05, 3.63) is 66.1 Å². The summed E-state index contributed by atoms with van der Waals surface area (Å²) in [5, 5.41) is 14.3. The van der Waals surface area contributed by atoms with Gasteiger partial charge in [0, 0.05) is 17.7 Å². The van der Waals surface area contributed by atoms with Gasteiger partial charge in [-0.2, -0.15) is 18.2 Å². The van der Waals surface area contributed by atoms with Crippen molar-refractivity contribution < 1.29 is 45.5 Å². The van der Waals surface area contributed by atoms with Gasteiger partial charge in [0.2, 0.25) is 12.2 Å². The van der Waals surface area contributed by atoms with Crippen molar-refractivity contribution in [2.75, 3.05) is 13.2 Å². The number of aliphatic hydroxyl groups excluding tert-OH is 1. The molecule has 2 N–H and O–H groups in total. The molecule has 172 valence electrons. The van der Waals surface area contributed by atoms with Crippen LogP contribution in [0.25, 0.3) is 11.4 Å². The number of alkyl halides is 6. The minimum absolute atomic E-state index is 0.0830. The smallest absolute Gasteiger partial charge is 0.406 e. The van der Waals surface area contributed by atoms with E-state index in [2.05, 4.69) is 24.7 Å². The second kappa shape index (κ2) is 10.6. The molecule has 0 saturated heterocycles. The van der Waals surface area contributed by atoms with Crippen molar-refractivity contribution >= 4 is 5.91 Å². The van der Waals surface area contributed by atoms with Crippen LogP contribution < -0.4 is 10.1 Å². The van der Waals surface area contributed by atoms with Crippen LogP contribution in [0.15, 0.2) is 59.4 Å². The number of carbonyl (C=O) groups excluding carboxylic acids is 1. The Kier molecular flexibility index (Phi) is 8.18. The number of nitrogens with zero attached hydrogens (tertiary/aromatic N) is 2. The molecule has 3 rings (SSSR count). The normalized spacial score (nSPS) is 11.3. The van der Waals surface area contributed by atoms with Gasteiger partial charge in [-0.3, -0.25) is 4.79 Å². The van der Waals surface area contributed by atoms with Gasteiger partial charge in [-0.1, -0.05) is 17.3 Å². The van der Waals surface area contributed by atoms with Crippen molar-refractivity contribution in [2.24, 2.45) is 0 Å². The van der Waals surface area contributed by atoms with Crippen LogP contribution in [0.3, 0.4) is 0 Å². The minimum atomic E-state index is -4.75. The van der Waals surface area contributed by atoms with E-state index >= 15 is 0 Å². The molecule has 0 aliphatic heterocycles. The molecule has 0 atom stereocenters. The second-order valence-electron chi connectivity index (χ2n) is 5.88. The molecule has 1 amide bonds. The fraction of sp³-hybridized carbons (Fsp3) is 0.211. The van der Waals surface area contributed by atoms with Crippen molar-refractivity contribution in [2.45, 2.75) is 12.5 Å². The van der Waals surface area contributed by atoms with Gasteiger partial charge >= 0.3 is 12.5 Å². The van der Waals surface area contributed by atoms with Crippen LogP contribution in [0.4, 0.5) is 26.3 Å². The number of hydrogen-bond acceptors (Lipinski definition) is 6. The molecule has 3 aromatic rings. The first kappa shape index (κ1) is 24.7. The van der Waals surface area contributed by atoms with Gasteiger partial charge < -0.3 is 19.7 Å². The van der Waals surface area contributed by atoms with E-state index in [1.54, 1.807) is 0 Å². The number of aromatic nitrogens is 2. The third-order valence-corrected chi connectivity index (χ3v) is 3.58. The van der Waals surface area contributed by atoms with Crippen LogP contribution in [0, 0.1) is 0 Å². The lowest BCUT2D eigenvalue weighted by atomic mass is 10.1. The maximum absolute atomic E-state index is 12.2. The van der Waals surface area contributed by atoms with Crippen LogP contribution in [-0.2, 0) is 6.18 Å². The number of ether oxygens (including phenoxy) is 1. The Morgan fingerprint density at radius 2 is 1.62 bits per heavy atom. The summed E-state index contributed by atoms with van der Waals surface area (Å²) in [5.74, 6) is -0.599. The number of halogens is 6. The average Bonchev–Trinajstić information content (AvgIpc) is 3.26. The minimum Gasteiger partial charge on any atom is -0.406 e. The molecule has 1 aromatic heterocycles. The standard InChI is InChI=1S/C10H10F3NO3.C9H5F3N2O/c11-10(12,13)17-8-3-1-7(2-4-8)9(16)14-5-6-15;10-9(11,12)7-3-1-6(2-4-7)8-13-5-15-14-8/h1-4,15H,5-6H2,(H,14,16);1-5H. The van der Waals surface area contributed by atoms with Crippen LogP contribution in [-0.4, -0.2) is 40.7 Å². The zero-order valence-corrected chi connectivity index (χ0v) is 15.9. The van der Waals surface area contributed by atoms with Gasteiger partial charge in [0.15, 0.2) is 0 Å². The fourth-order valence-electron chi connectivity index (χ4n) is 2.19. The number of hydrogen-bond donors (Lipinski definition) is 2. The zero-order chi connectivity index (χ0) is 23.8. The summed E-state index contributed by atoms with van der Waals surface area (Å²) in [6.45, 7) is -0.124. The van der Waals surface area contributed by atoms with Gasteiger partial charge in [-0.15, -0.1) is 13.2 Å². The Balaban J connectivity index is 0.000000228. The van der Waals surface area contributed by atoms with Gasteiger partial charge in [-0.25, -0.2) is 0 Å². The van der Waals surface area contributed by atoms with Gasteiger partial charge in [0.25, 0.3) is 5.91 Å². The fourth-order valence-corrected chi connectivity index (χ4v) is 2.19. The van der Waals surface area contributed by atoms with E-state index in [1.807, 2.05) is 0 Å². The van der Waals surface area contributed by atoms with E-state index in [9.17, 15) is 31.1 Å². The van der Waals surface area contributed by atoms with E-state index in [-0.39, 0.29) is 24.5 Å². The van der Waals surface area contributed by atoms with E-state index < -0.39 is 29.8 Å². The second-order valence-corrected chi connectivity index (χ2v) is 5.88. The lowest BCUT2D eigenvalue weighted by Gasteiger charge is -2.09. The monoisotopic (exact) mass is 463 g/mol. The predicted octanol–water partition coefficient (Wildman–Crippen LogP) is 4.06. The summed E-state index contributed by atoms with van der Waals surface area (Å²) in [6.07, 6.45) is -7.95. The maximum Gasteiger partial charge on any atom is 0.573 e. The molecule has 0 spiro atoms. The summed E-state index contributed by atoms with van der Waals surface area (Å²) in [5.41, 5.74) is -0.0283. The molecular weight excluding hydrogens is 448 g/mol. The highest BCUT2D eigenvalue weighted by atomic mass is 19.4. The number of aliphatic hydroxyl groups is 1. The van der Waals surface area contributed by atoms with Crippen LogP contribution in [0.2, 0.25) is 0 Å². The number of amides is 1. The maximum atomic E-state index is 12.2.